The molecule has 1 aliphatic rings. The number of amides is 1. The van der Waals surface area contributed by atoms with Gasteiger partial charge in [0.2, 0.25) is 5.91 Å². The second-order valence-electron chi connectivity index (χ2n) is 4.54. The van der Waals surface area contributed by atoms with Gasteiger partial charge in [0, 0.05) is 6.42 Å². The molecular formula is C13H16INO. The lowest BCUT2D eigenvalue weighted by molar-refractivity contribution is -0.123. The Kier molecular flexibility index (Phi) is 3.52. The topological polar surface area (TPSA) is 20.3 Å². The number of carbonyl (C=O) groups is 1. The Morgan fingerprint density at radius 3 is 2.62 bits per heavy atom. The average molecular weight is 329 g/mol. The van der Waals surface area contributed by atoms with Crippen molar-refractivity contribution < 1.29 is 4.79 Å². The third kappa shape index (κ3) is 2.10. The van der Waals surface area contributed by atoms with Crippen LogP contribution in [0.5, 0.6) is 0 Å². The molecule has 0 radical (unpaired) electrons. The molecule has 0 aliphatic carbocycles. The van der Waals surface area contributed by atoms with Gasteiger partial charge in [-0.25, -0.2) is 0 Å². The summed E-state index contributed by atoms with van der Waals surface area (Å²) in [5, 5.41) is 0. The van der Waals surface area contributed by atoms with E-state index in [1.165, 1.54) is 11.1 Å². The Morgan fingerprint density at radius 1 is 1.38 bits per heavy atom. The first-order valence-corrected chi connectivity index (χ1v) is 6.64. The van der Waals surface area contributed by atoms with Crippen LogP contribution in [0.3, 0.4) is 0 Å². The first-order chi connectivity index (χ1) is 7.61. The van der Waals surface area contributed by atoms with Crippen LogP contribution in [-0.4, -0.2) is 9.02 Å². The highest BCUT2D eigenvalue weighted by Gasteiger charge is 2.31. The summed E-state index contributed by atoms with van der Waals surface area (Å²) in [7, 11) is 0. The molecule has 1 unspecified atom stereocenters. The molecule has 3 heteroatoms. The van der Waals surface area contributed by atoms with Gasteiger partial charge in [0.05, 0.1) is 28.9 Å². The molecule has 0 N–H and O–H groups in total. The van der Waals surface area contributed by atoms with Crippen molar-refractivity contribution in [2.45, 2.75) is 38.6 Å². The molecule has 1 aromatic rings. The summed E-state index contributed by atoms with van der Waals surface area (Å²) in [5.74, 6) is 0.765. The molecule has 2 nitrogen and oxygen atoms in total. The minimum absolute atomic E-state index is 0.254. The number of halogens is 1. The molecule has 16 heavy (non-hydrogen) atoms. The second-order valence-corrected chi connectivity index (χ2v) is 5.58. The van der Waals surface area contributed by atoms with Gasteiger partial charge in [-0.3, -0.25) is 7.91 Å². The van der Waals surface area contributed by atoms with Crippen LogP contribution < -0.4 is 0 Å². The molecule has 1 aliphatic heterocycles. The molecule has 0 saturated carbocycles. The van der Waals surface area contributed by atoms with Gasteiger partial charge in [0.1, 0.15) is 0 Å². The van der Waals surface area contributed by atoms with Gasteiger partial charge in [0.15, 0.2) is 0 Å². The zero-order valence-electron chi connectivity index (χ0n) is 9.61. The van der Waals surface area contributed by atoms with Crippen molar-refractivity contribution in [2.24, 2.45) is 0 Å². The Morgan fingerprint density at radius 2 is 2.06 bits per heavy atom. The lowest BCUT2D eigenvalue weighted by atomic mass is 9.92. The molecule has 0 bridgehead atoms. The molecule has 0 aromatic heterocycles. The summed E-state index contributed by atoms with van der Waals surface area (Å²) in [6.45, 7) is 4.40. The van der Waals surface area contributed by atoms with Crippen molar-refractivity contribution in [2.75, 3.05) is 0 Å². The summed E-state index contributed by atoms with van der Waals surface area (Å²) < 4.78 is 1.86. The smallest absolute Gasteiger partial charge is 0.231 e. The van der Waals surface area contributed by atoms with Crippen LogP contribution in [0.15, 0.2) is 24.3 Å². The minimum atomic E-state index is 0.254. The Hall–Kier alpha value is -0.580. The molecule has 1 saturated heterocycles. The lowest BCUT2D eigenvalue weighted by Crippen LogP contribution is -2.17. The van der Waals surface area contributed by atoms with Crippen LogP contribution in [0.1, 0.15) is 49.8 Å². The van der Waals surface area contributed by atoms with Crippen molar-refractivity contribution in [1.29, 1.82) is 0 Å². The fraction of sp³-hybridized carbons (Fsp3) is 0.462. The van der Waals surface area contributed by atoms with Crippen LogP contribution in [0.2, 0.25) is 0 Å². The summed E-state index contributed by atoms with van der Waals surface area (Å²) in [4.78, 5) is 11.6. The lowest BCUT2D eigenvalue weighted by Gasteiger charge is -2.22. The van der Waals surface area contributed by atoms with Crippen molar-refractivity contribution in [1.82, 2.24) is 3.11 Å². The van der Waals surface area contributed by atoms with Crippen LogP contribution in [0.4, 0.5) is 0 Å². The number of nitrogens with zero attached hydrogens (tertiary/aromatic N) is 1. The minimum Gasteiger partial charge on any atom is -0.277 e. The van der Waals surface area contributed by atoms with Crippen molar-refractivity contribution in [3.63, 3.8) is 0 Å². The molecule has 1 atom stereocenters. The average Bonchev–Trinajstić information content (AvgIpc) is 2.60. The van der Waals surface area contributed by atoms with E-state index in [0.717, 1.165) is 6.42 Å². The van der Waals surface area contributed by atoms with Gasteiger partial charge in [0.25, 0.3) is 0 Å². The van der Waals surface area contributed by atoms with E-state index in [0.29, 0.717) is 12.3 Å². The molecule has 0 spiro atoms. The molecular weight excluding hydrogens is 313 g/mol. The second kappa shape index (κ2) is 4.73. The van der Waals surface area contributed by atoms with Gasteiger partial charge in [-0.1, -0.05) is 38.1 Å². The number of hydrogen-bond donors (Lipinski definition) is 0. The van der Waals surface area contributed by atoms with Gasteiger partial charge in [-0.2, -0.15) is 0 Å². The van der Waals surface area contributed by atoms with Crippen molar-refractivity contribution in [3.05, 3.63) is 35.4 Å². The summed E-state index contributed by atoms with van der Waals surface area (Å²) in [6.07, 6.45) is 1.63. The SMILES string of the molecule is CC(C)c1ccccc1C1CCC(=O)N1I. The van der Waals surface area contributed by atoms with Crippen LogP contribution in [-0.2, 0) is 4.79 Å². The van der Waals surface area contributed by atoms with E-state index in [2.05, 4.69) is 61.0 Å². The third-order valence-corrected chi connectivity index (χ3v) is 4.33. The predicted molar refractivity (Wildman–Crippen MR) is 73.4 cm³/mol. The maximum atomic E-state index is 11.6. The van der Waals surface area contributed by atoms with E-state index in [4.69, 9.17) is 0 Å². The molecule has 1 amide bonds. The standard InChI is InChI=1S/C13H16INO/c1-9(2)10-5-3-4-6-11(10)12-7-8-13(16)15(12)14/h3-6,9,12H,7-8H2,1-2H3. The van der Waals surface area contributed by atoms with E-state index in [1.807, 2.05) is 3.11 Å². The number of hydrogen-bond acceptors (Lipinski definition) is 1. The quantitative estimate of drug-likeness (QED) is 0.597. The Balaban J connectivity index is 2.37. The van der Waals surface area contributed by atoms with Gasteiger partial charge < -0.3 is 0 Å². The molecule has 1 fully saturated rings. The van der Waals surface area contributed by atoms with Gasteiger partial charge in [-0.05, 0) is 23.5 Å². The predicted octanol–water partition coefficient (Wildman–Crippen LogP) is 3.82. The summed E-state index contributed by atoms with van der Waals surface area (Å²) >= 11 is 2.15. The molecule has 2 rings (SSSR count). The van der Waals surface area contributed by atoms with Crippen LogP contribution >= 0.6 is 22.9 Å². The number of carbonyl (C=O) groups excluding carboxylic acids is 1. The van der Waals surface area contributed by atoms with E-state index < -0.39 is 0 Å². The number of rotatable bonds is 2. The Labute approximate surface area is 111 Å². The van der Waals surface area contributed by atoms with E-state index in [-0.39, 0.29) is 11.9 Å². The summed E-state index contributed by atoms with van der Waals surface area (Å²) in [6, 6.07) is 8.74. The molecule has 1 heterocycles. The monoisotopic (exact) mass is 329 g/mol. The maximum Gasteiger partial charge on any atom is 0.231 e. The molecule has 1 aromatic carbocycles. The van der Waals surface area contributed by atoms with Crippen LogP contribution in [0.25, 0.3) is 0 Å². The highest BCUT2D eigenvalue weighted by atomic mass is 127. The van der Waals surface area contributed by atoms with E-state index in [1.54, 1.807) is 0 Å². The third-order valence-electron chi connectivity index (χ3n) is 3.12. The highest BCUT2D eigenvalue weighted by molar-refractivity contribution is 14.1. The Bertz CT molecular complexity index is 403. The first kappa shape index (κ1) is 11.9. The highest BCUT2D eigenvalue weighted by Crippen LogP contribution is 2.38. The fourth-order valence-electron chi connectivity index (χ4n) is 2.27. The van der Waals surface area contributed by atoms with Crippen molar-refractivity contribution in [3.8, 4) is 0 Å². The zero-order valence-corrected chi connectivity index (χ0v) is 11.8. The number of benzene rings is 1. The van der Waals surface area contributed by atoms with Crippen LogP contribution in [0, 0.1) is 0 Å². The largest absolute Gasteiger partial charge is 0.277 e. The fourth-order valence-corrected chi connectivity index (χ4v) is 3.09. The van der Waals surface area contributed by atoms with E-state index >= 15 is 0 Å². The zero-order chi connectivity index (χ0) is 11.7. The van der Waals surface area contributed by atoms with Crippen molar-refractivity contribution >= 4 is 28.8 Å². The van der Waals surface area contributed by atoms with E-state index in [9.17, 15) is 4.79 Å². The first-order valence-electron chi connectivity index (χ1n) is 5.68. The van der Waals surface area contributed by atoms with Gasteiger partial charge in [-0.15, -0.1) is 0 Å². The summed E-state index contributed by atoms with van der Waals surface area (Å²) in [5.41, 5.74) is 2.68. The normalized spacial score (nSPS) is 20.9. The van der Waals surface area contributed by atoms with Gasteiger partial charge >= 0.3 is 0 Å². The maximum absolute atomic E-state index is 11.6. The molecule has 86 valence electrons.